The molecule has 2 aromatic carbocycles. The molecule has 166 valence electrons. The standard InChI is InChI=1S/C26H34N2O3/c1-19-14-15-24(20(2)16-19)31-18-25(29)28(17-22-10-6-4-7-11-22)21(3)26(30)27-23-12-8-5-9-13-23/h4,6-7,10-11,14-16,21,23H,5,8-9,12-13,17-18H2,1-3H3,(H,27,30)/t21-/m1/s1. The van der Waals surface area contributed by atoms with E-state index in [9.17, 15) is 9.59 Å². The zero-order valence-corrected chi connectivity index (χ0v) is 18.9. The highest BCUT2D eigenvalue weighted by Crippen LogP contribution is 2.20. The Kier molecular flexibility index (Phi) is 8.10. The van der Waals surface area contributed by atoms with E-state index in [1.807, 2.05) is 62.4 Å². The van der Waals surface area contributed by atoms with E-state index in [0.29, 0.717) is 12.3 Å². The number of hydrogen-bond acceptors (Lipinski definition) is 3. The lowest BCUT2D eigenvalue weighted by atomic mass is 9.95. The minimum Gasteiger partial charge on any atom is -0.483 e. The van der Waals surface area contributed by atoms with Gasteiger partial charge in [0.2, 0.25) is 5.91 Å². The van der Waals surface area contributed by atoms with E-state index < -0.39 is 6.04 Å². The van der Waals surface area contributed by atoms with E-state index in [4.69, 9.17) is 4.74 Å². The number of amides is 2. The Morgan fingerprint density at radius 1 is 1.06 bits per heavy atom. The second kappa shape index (κ2) is 11.0. The Balaban J connectivity index is 1.69. The van der Waals surface area contributed by atoms with Gasteiger partial charge in [-0.05, 0) is 50.8 Å². The molecule has 1 N–H and O–H groups in total. The summed E-state index contributed by atoms with van der Waals surface area (Å²) in [5.41, 5.74) is 3.13. The van der Waals surface area contributed by atoms with Gasteiger partial charge >= 0.3 is 0 Å². The summed E-state index contributed by atoms with van der Waals surface area (Å²) in [5.74, 6) is 0.399. The number of rotatable bonds is 8. The van der Waals surface area contributed by atoms with Crippen molar-refractivity contribution in [3.63, 3.8) is 0 Å². The van der Waals surface area contributed by atoms with Gasteiger partial charge in [-0.25, -0.2) is 0 Å². The lowest BCUT2D eigenvalue weighted by Crippen LogP contribution is -2.51. The predicted octanol–water partition coefficient (Wildman–Crippen LogP) is 4.55. The molecule has 1 atom stereocenters. The van der Waals surface area contributed by atoms with Crippen LogP contribution in [0.2, 0.25) is 0 Å². The monoisotopic (exact) mass is 422 g/mol. The first kappa shape index (κ1) is 22.9. The summed E-state index contributed by atoms with van der Waals surface area (Å²) in [4.78, 5) is 27.7. The second-order valence-corrected chi connectivity index (χ2v) is 8.58. The third kappa shape index (κ3) is 6.58. The number of ether oxygens (including phenoxy) is 1. The number of benzene rings is 2. The topological polar surface area (TPSA) is 58.6 Å². The van der Waals surface area contributed by atoms with Crippen molar-refractivity contribution >= 4 is 11.8 Å². The van der Waals surface area contributed by atoms with Crippen LogP contribution >= 0.6 is 0 Å². The minimum atomic E-state index is -0.572. The van der Waals surface area contributed by atoms with E-state index in [2.05, 4.69) is 5.32 Å². The van der Waals surface area contributed by atoms with Crippen LogP contribution in [0.5, 0.6) is 5.75 Å². The van der Waals surface area contributed by atoms with Gasteiger partial charge in [0.25, 0.3) is 5.91 Å². The van der Waals surface area contributed by atoms with E-state index in [-0.39, 0.29) is 24.5 Å². The fourth-order valence-corrected chi connectivity index (χ4v) is 4.12. The maximum Gasteiger partial charge on any atom is 0.261 e. The van der Waals surface area contributed by atoms with Gasteiger partial charge in [-0.3, -0.25) is 9.59 Å². The highest BCUT2D eigenvalue weighted by molar-refractivity contribution is 5.88. The predicted molar refractivity (Wildman–Crippen MR) is 123 cm³/mol. The first-order valence-corrected chi connectivity index (χ1v) is 11.3. The molecule has 5 heteroatoms. The molecule has 0 spiro atoms. The lowest BCUT2D eigenvalue weighted by Gasteiger charge is -2.31. The van der Waals surface area contributed by atoms with Crippen molar-refractivity contribution in [1.82, 2.24) is 10.2 Å². The molecule has 0 aromatic heterocycles. The first-order chi connectivity index (χ1) is 14.9. The minimum absolute atomic E-state index is 0.0947. The average molecular weight is 423 g/mol. The molecule has 0 unspecified atom stereocenters. The van der Waals surface area contributed by atoms with Gasteiger partial charge < -0.3 is 15.0 Å². The molecule has 0 heterocycles. The normalized spacial score (nSPS) is 15.2. The summed E-state index contributed by atoms with van der Waals surface area (Å²) in [6.07, 6.45) is 5.56. The smallest absolute Gasteiger partial charge is 0.261 e. The van der Waals surface area contributed by atoms with Crippen LogP contribution in [-0.4, -0.2) is 35.4 Å². The molecule has 1 fully saturated rings. The third-order valence-electron chi connectivity index (χ3n) is 6.00. The van der Waals surface area contributed by atoms with Crippen molar-refractivity contribution in [2.24, 2.45) is 0 Å². The largest absolute Gasteiger partial charge is 0.483 e. The molecule has 5 nitrogen and oxygen atoms in total. The lowest BCUT2D eigenvalue weighted by molar-refractivity contribution is -0.142. The molecule has 3 rings (SSSR count). The Bertz CT molecular complexity index is 875. The van der Waals surface area contributed by atoms with Crippen molar-refractivity contribution in [3.8, 4) is 5.75 Å². The fraction of sp³-hybridized carbons (Fsp3) is 0.462. The van der Waals surface area contributed by atoms with Crippen molar-refractivity contribution in [2.75, 3.05) is 6.61 Å². The van der Waals surface area contributed by atoms with Crippen molar-refractivity contribution in [2.45, 2.75) is 71.5 Å². The van der Waals surface area contributed by atoms with Gasteiger partial charge in [0.1, 0.15) is 11.8 Å². The Hall–Kier alpha value is -2.82. The molecule has 0 aliphatic heterocycles. The maximum absolute atomic E-state index is 13.2. The summed E-state index contributed by atoms with van der Waals surface area (Å²) in [7, 11) is 0. The van der Waals surface area contributed by atoms with Gasteiger partial charge in [0, 0.05) is 12.6 Å². The maximum atomic E-state index is 13.2. The molecular formula is C26H34N2O3. The molecule has 1 saturated carbocycles. The van der Waals surface area contributed by atoms with Crippen LogP contribution in [0.4, 0.5) is 0 Å². The summed E-state index contributed by atoms with van der Waals surface area (Å²) in [5, 5.41) is 3.16. The molecule has 1 aliphatic rings. The van der Waals surface area contributed by atoms with E-state index in [0.717, 1.165) is 42.4 Å². The number of hydrogen-bond donors (Lipinski definition) is 1. The fourth-order valence-electron chi connectivity index (χ4n) is 4.12. The van der Waals surface area contributed by atoms with E-state index >= 15 is 0 Å². The number of nitrogens with one attached hydrogen (secondary N) is 1. The van der Waals surface area contributed by atoms with Crippen LogP contribution < -0.4 is 10.1 Å². The van der Waals surface area contributed by atoms with Crippen molar-refractivity contribution in [3.05, 3.63) is 65.2 Å². The van der Waals surface area contributed by atoms with Gasteiger partial charge in [0.15, 0.2) is 6.61 Å². The summed E-state index contributed by atoms with van der Waals surface area (Å²) in [6.45, 7) is 6.06. The van der Waals surface area contributed by atoms with Crippen molar-refractivity contribution < 1.29 is 14.3 Å². The summed E-state index contributed by atoms with van der Waals surface area (Å²) in [6, 6.07) is 15.3. The van der Waals surface area contributed by atoms with Crippen LogP contribution in [0.1, 0.15) is 55.7 Å². The molecule has 2 aromatic rings. The average Bonchev–Trinajstić information content (AvgIpc) is 2.77. The molecule has 2 amide bonds. The molecule has 0 saturated heterocycles. The van der Waals surface area contributed by atoms with Crippen LogP contribution in [0, 0.1) is 13.8 Å². The van der Waals surface area contributed by atoms with Gasteiger partial charge in [-0.2, -0.15) is 0 Å². The Morgan fingerprint density at radius 3 is 2.45 bits per heavy atom. The van der Waals surface area contributed by atoms with Crippen LogP contribution in [0.25, 0.3) is 0 Å². The zero-order valence-electron chi connectivity index (χ0n) is 18.9. The Morgan fingerprint density at radius 2 is 1.77 bits per heavy atom. The number of aryl methyl sites for hydroxylation is 2. The molecule has 0 bridgehead atoms. The summed E-state index contributed by atoms with van der Waals surface area (Å²) < 4.78 is 5.83. The zero-order chi connectivity index (χ0) is 22.2. The third-order valence-corrected chi connectivity index (χ3v) is 6.00. The summed E-state index contributed by atoms with van der Waals surface area (Å²) >= 11 is 0. The number of carbonyl (C=O) groups excluding carboxylic acids is 2. The van der Waals surface area contributed by atoms with E-state index in [1.54, 1.807) is 11.8 Å². The van der Waals surface area contributed by atoms with E-state index in [1.165, 1.54) is 6.42 Å². The molecule has 0 radical (unpaired) electrons. The SMILES string of the molecule is Cc1ccc(OCC(=O)N(Cc2ccccc2)[C@H](C)C(=O)NC2CCCCC2)c(C)c1. The number of carbonyl (C=O) groups is 2. The van der Waals surface area contributed by atoms with Crippen molar-refractivity contribution in [1.29, 1.82) is 0 Å². The highest BCUT2D eigenvalue weighted by Gasteiger charge is 2.28. The molecule has 31 heavy (non-hydrogen) atoms. The van der Waals surface area contributed by atoms with Gasteiger partial charge in [0.05, 0.1) is 0 Å². The first-order valence-electron chi connectivity index (χ1n) is 11.3. The van der Waals surface area contributed by atoms with Gasteiger partial charge in [-0.1, -0.05) is 67.3 Å². The van der Waals surface area contributed by atoms with Gasteiger partial charge in [-0.15, -0.1) is 0 Å². The molecule has 1 aliphatic carbocycles. The van der Waals surface area contributed by atoms with Crippen LogP contribution in [-0.2, 0) is 16.1 Å². The highest BCUT2D eigenvalue weighted by atomic mass is 16.5. The number of nitrogens with zero attached hydrogens (tertiary/aromatic N) is 1. The van der Waals surface area contributed by atoms with Crippen LogP contribution in [0.3, 0.4) is 0 Å². The quantitative estimate of drug-likeness (QED) is 0.679. The second-order valence-electron chi connectivity index (χ2n) is 8.58. The molecular weight excluding hydrogens is 388 g/mol. The van der Waals surface area contributed by atoms with Crippen LogP contribution in [0.15, 0.2) is 48.5 Å². The Labute approximate surface area is 185 Å².